The summed E-state index contributed by atoms with van der Waals surface area (Å²) in [5.41, 5.74) is 0. The van der Waals surface area contributed by atoms with E-state index in [9.17, 15) is 13.2 Å². The number of amides is 1. The van der Waals surface area contributed by atoms with Gasteiger partial charge in [0.15, 0.2) is 5.82 Å². The molecule has 1 amide bonds. The minimum Gasteiger partial charge on any atom is -0.333 e. The highest BCUT2D eigenvalue weighted by Crippen LogP contribution is 2.30. The largest absolute Gasteiger partial charge is 0.333 e. The van der Waals surface area contributed by atoms with E-state index in [1.165, 1.54) is 0 Å². The average Bonchev–Trinajstić information content (AvgIpc) is 3.04. The van der Waals surface area contributed by atoms with Crippen LogP contribution < -0.4 is 0 Å². The summed E-state index contributed by atoms with van der Waals surface area (Å²) in [6, 6.07) is 0. The van der Waals surface area contributed by atoms with Gasteiger partial charge in [-0.2, -0.15) is 0 Å². The molecule has 152 valence electrons. The monoisotopic (exact) mass is 397 g/mol. The maximum Gasteiger partial charge on any atom is 0.223 e. The Labute approximate surface area is 162 Å². The van der Waals surface area contributed by atoms with Gasteiger partial charge in [0, 0.05) is 38.5 Å². The van der Waals surface area contributed by atoms with E-state index >= 15 is 0 Å². The van der Waals surface area contributed by atoms with Crippen LogP contribution in [-0.2, 0) is 27.9 Å². The van der Waals surface area contributed by atoms with Crippen molar-refractivity contribution in [3.05, 3.63) is 11.6 Å². The smallest absolute Gasteiger partial charge is 0.223 e. The van der Waals surface area contributed by atoms with Gasteiger partial charge in [0.25, 0.3) is 0 Å². The van der Waals surface area contributed by atoms with E-state index < -0.39 is 10.0 Å². The number of hydrogen-bond donors (Lipinski definition) is 0. The van der Waals surface area contributed by atoms with Crippen molar-refractivity contribution in [3.8, 4) is 0 Å². The minimum atomic E-state index is -3.19. The Morgan fingerprint density at radius 3 is 2.33 bits per heavy atom. The summed E-state index contributed by atoms with van der Waals surface area (Å²) < 4.78 is 28.4. The molecule has 0 aromatic carbocycles. The third-order valence-corrected chi connectivity index (χ3v) is 7.77. The quantitative estimate of drug-likeness (QED) is 0.753. The Bertz CT molecular complexity index is 779. The molecule has 3 heterocycles. The standard InChI is InChI=1S/C18H31N5O3S/c1-13(2)11-17(24)21-9-10-23-16(12-21)19-20-18(23)15-5-7-22(8-6-15)27(25,26)14(3)4/h13-15H,5-12H2,1-4H3. The van der Waals surface area contributed by atoms with Crippen molar-refractivity contribution in [2.45, 2.75) is 71.2 Å². The van der Waals surface area contributed by atoms with Crippen molar-refractivity contribution in [2.24, 2.45) is 5.92 Å². The number of carbonyl (C=O) groups excluding carboxylic acids is 1. The van der Waals surface area contributed by atoms with Crippen LogP contribution in [0, 0.1) is 5.92 Å². The highest BCUT2D eigenvalue weighted by atomic mass is 32.2. The summed E-state index contributed by atoms with van der Waals surface area (Å²) in [5, 5.41) is 8.35. The van der Waals surface area contributed by atoms with Gasteiger partial charge in [0.05, 0.1) is 11.8 Å². The van der Waals surface area contributed by atoms with Crippen molar-refractivity contribution in [2.75, 3.05) is 19.6 Å². The average molecular weight is 398 g/mol. The summed E-state index contributed by atoms with van der Waals surface area (Å²) in [6.45, 7) is 10.5. The lowest BCUT2D eigenvalue weighted by atomic mass is 9.97. The number of sulfonamides is 1. The molecule has 3 rings (SSSR count). The normalized spacial score (nSPS) is 19.7. The van der Waals surface area contributed by atoms with E-state index in [2.05, 4.69) is 14.8 Å². The van der Waals surface area contributed by atoms with Gasteiger partial charge in [0.1, 0.15) is 5.82 Å². The third-order valence-electron chi connectivity index (χ3n) is 5.49. The van der Waals surface area contributed by atoms with E-state index in [1.807, 2.05) is 18.7 Å². The third kappa shape index (κ3) is 4.18. The molecular weight excluding hydrogens is 366 g/mol. The van der Waals surface area contributed by atoms with Gasteiger partial charge in [0.2, 0.25) is 15.9 Å². The maximum absolute atomic E-state index is 12.3. The summed E-state index contributed by atoms with van der Waals surface area (Å²) in [7, 11) is -3.19. The van der Waals surface area contributed by atoms with E-state index in [4.69, 9.17) is 0 Å². The van der Waals surface area contributed by atoms with Gasteiger partial charge < -0.3 is 9.47 Å². The molecular formula is C18H31N5O3S. The van der Waals surface area contributed by atoms with Crippen LogP contribution in [0.5, 0.6) is 0 Å². The van der Waals surface area contributed by atoms with Crippen molar-refractivity contribution in [1.82, 2.24) is 24.0 Å². The first-order valence-corrected chi connectivity index (χ1v) is 11.4. The van der Waals surface area contributed by atoms with Gasteiger partial charge in [-0.25, -0.2) is 12.7 Å². The van der Waals surface area contributed by atoms with Crippen LogP contribution in [0.1, 0.15) is 64.5 Å². The fourth-order valence-corrected chi connectivity index (χ4v) is 5.16. The summed E-state index contributed by atoms with van der Waals surface area (Å²) in [6.07, 6.45) is 2.09. The highest BCUT2D eigenvalue weighted by Gasteiger charge is 2.34. The van der Waals surface area contributed by atoms with E-state index in [0.717, 1.165) is 24.5 Å². The molecule has 0 unspecified atom stereocenters. The van der Waals surface area contributed by atoms with E-state index in [-0.39, 0.29) is 17.1 Å². The lowest BCUT2D eigenvalue weighted by molar-refractivity contribution is -0.133. The topological polar surface area (TPSA) is 88.4 Å². The molecule has 0 aliphatic carbocycles. The predicted octanol–water partition coefficient (Wildman–Crippen LogP) is 1.58. The first kappa shape index (κ1) is 20.3. The van der Waals surface area contributed by atoms with Crippen LogP contribution in [0.3, 0.4) is 0 Å². The van der Waals surface area contributed by atoms with Gasteiger partial charge in [-0.05, 0) is 32.6 Å². The molecule has 0 spiro atoms. The molecule has 0 N–H and O–H groups in total. The number of hydrogen-bond acceptors (Lipinski definition) is 5. The molecule has 2 aliphatic heterocycles. The molecule has 0 atom stereocenters. The Balaban J connectivity index is 1.65. The maximum atomic E-state index is 12.3. The Kier molecular flexibility index (Phi) is 5.90. The van der Waals surface area contributed by atoms with Crippen LogP contribution in [-0.4, -0.2) is 63.2 Å². The highest BCUT2D eigenvalue weighted by molar-refractivity contribution is 7.89. The van der Waals surface area contributed by atoms with Gasteiger partial charge in [-0.3, -0.25) is 4.79 Å². The lowest BCUT2D eigenvalue weighted by Gasteiger charge is -2.33. The second kappa shape index (κ2) is 7.87. The zero-order chi connectivity index (χ0) is 19.8. The molecule has 1 saturated heterocycles. The van der Waals surface area contributed by atoms with E-state index in [1.54, 1.807) is 18.2 Å². The first-order valence-electron chi connectivity index (χ1n) is 9.88. The van der Waals surface area contributed by atoms with Crippen molar-refractivity contribution in [3.63, 3.8) is 0 Å². The van der Waals surface area contributed by atoms with Crippen molar-refractivity contribution < 1.29 is 13.2 Å². The lowest BCUT2D eigenvalue weighted by Crippen LogP contribution is -2.42. The van der Waals surface area contributed by atoms with Crippen LogP contribution in [0.15, 0.2) is 0 Å². The van der Waals surface area contributed by atoms with Crippen LogP contribution in [0.4, 0.5) is 0 Å². The number of nitrogens with zero attached hydrogens (tertiary/aromatic N) is 5. The second-order valence-electron chi connectivity index (χ2n) is 8.31. The molecule has 1 aromatic heterocycles. The van der Waals surface area contributed by atoms with Crippen molar-refractivity contribution in [1.29, 1.82) is 0 Å². The number of fused-ring (bicyclic) bond motifs is 1. The Hall–Kier alpha value is -1.48. The molecule has 0 radical (unpaired) electrons. The summed E-state index contributed by atoms with van der Waals surface area (Å²) in [4.78, 5) is 14.2. The van der Waals surface area contributed by atoms with Crippen LogP contribution in [0.25, 0.3) is 0 Å². The first-order chi connectivity index (χ1) is 12.7. The molecule has 9 heteroatoms. The molecule has 1 aromatic rings. The second-order valence-corrected chi connectivity index (χ2v) is 10.8. The fraction of sp³-hybridized carbons (Fsp3) is 0.833. The Morgan fingerprint density at radius 1 is 1.07 bits per heavy atom. The predicted molar refractivity (Wildman–Crippen MR) is 102 cm³/mol. The van der Waals surface area contributed by atoms with Crippen LogP contribution >= 0.6 is 0 Å². The summed E-state index contributed by atoms with van der Waals surface area (Å²) >= 11 is 0. The van der Waals surface area contributed by atoms with Crippen LogP contribution in [0.2, 0.25) is 0 Å². The molecule has 0 bridgehead atoms. The molecule has 27 heavy (non-hydrogen) atoms. The molecule has 8 nitrogen and oxygen atoms in total. The van der Waals surface area contributed by atoms with Gasteiger partial charge in [-0.1, -0.05) is 13.8 Å². The molecule has 1 fully saturated rings. The zero-order valence-corrected chi connectivity index (χ0v) is 17.6. The number of piperidine rings is 1. The minimum absolute atomic E-state index is 0.174. The van der Waals surface area contributed by atoms with E-state index in [0.29, 0.717) is 45.1 Å². The molecule has 0 saturated carbocycles. The van der Waals surface area contributed by atoms with Gasteiger partial charge >= 0.3 is 0 Å². The number of rotatable bonds is 5. The SMILES string of the molecule is CC(C)CC(=O)N1CCn2c(nnc2C2CCN(S(=O)(=O)C(C)C)CC2)C1. The fourth-order valence-electron chi connectivity index (χ4n) is 3.84. The number of aromatic nitrogens is 3. The number of carbonyl (C=O) groups is 1. The summed E-state index contributed by atoms with van der Waals surface area (Å²) in [5.74, 6) is 2.53. The van der Waals surface area contributed by atoms with Gasteiger partial charge in [-0.15, -0.1) is 10.2 Å². The molecule has 2 aliphatic rings. The van der Waals surface area contributed by atoms with Crippen molar-refractivity contribution >= 4 is 15.9 Å². The Morgan fingerprint density at radius 2 is 1.74 bits per heavy atom. The zero-order valence-electron chi connectivity index (χ0n) is 16.8.